The number of carbonyl (C=O) groups excluding carboxylic acids is 2. The second-order valence-corrected chi connectivity index (χ2v) is 11.6. The maximum Gasteiger partial charge on any atom is 0.189 e. The van der Waals surface area contributed by atoms with Gasteiger partial charge in [-0.05, 0) is 134 Å². The molecule has 0 bridgehead atoms. The SMILES string of the molecule is C=C/C=C(\C=C)N(c1ccc2cc(C=C(C)C(=O)c3cc(C=C)c(C=C)cc3C=O)ccc2c1)c1ccc2cc3ccccc3cc2c1. The van der Waals surface area contributed by atoms with Crippen molar-refractivity contribution in [3.63, 3.8) is 0 Å². The predicted octanol–water partition coefficient (Wildman–Crippen LogP) is 11.9. The van der Waals surface area contributed by atoms with Crippen molar-refractivity contribution in [2.75, 3.05) is 4.90 Å². The zero-order valence-electron chi connectivity index (χ0n) is 26.9. The zero-order chi connectivity index (χ0) is 33.8. The number of fused-ring (bicyclic) bond motifs is 3. The van der Waals surface area contributed by atoms with Crippen LogP contribution in [-0.2, 0) is 0 Å². The fraction of sp³-hybridized carbons (Fsp3) is 0.0222. The normalized spacial score (nSPS) is 11.8. The van der Waals surface area contributed by atoms with Gasteiger partial charge in [-0.25, -0.2) is 0 Å². The fourth-order valence-electron chi connectivity index (χ4n) is 6.18. The van der Waals surface area contributed by atoms with E-state index in [9.17, 15) is 9.59 Å². The van der Waals surface area contributed by atoms with Gasteiger partial charge in [0.25, 0.3) is 0 Å². The van der Waals surface area contributed by atoms with Gasteiger partial charge < -0.3 is 4.90 Å². The van der Waals surface area contributed by atoms with E-state index >= 15 is 0 Å². The Morgan fingerprint density at radius 3 is 1.81 bits per heavy atom. The number of benzene rings is 6. The molecule has 6 aromatic carbocycles. The van der Waals surface area contributed by atoms with E-state index in [0.717, 1.165) is 49.9 Å². The van der Waals surface area contributed by atoms with Crippen molar-refractivity contribution in [3.8, 4) is 0 Å². The van der Waals surface area contributed by atoms with Gasteiger partial charge in [-0.15, -0.1) is 0 Å². The van der Waals surface area contributed by atoms with Crippen molar-refractivity contribution in [1.29, 1.82) is 0 Å². The molecule has 0 spiro atoms. The smallest absolute Gasteiger partial charge is 0.189 e. The summed E-state index contributed by atoms with van der Waals surface area (Å²) in [5, 5.41) is 6.82. The first-order chi connectivity index (χ1) is 23.4. The Balaban J connectivity index is 1.37. The fourth-order valence-corrected chi connectivity index (χ4v) is 6.18. The second kappa shape index (κ2) is 13.6. The third-order valence-electron chi connectivity index (χ3n) is 8.62. The highest BCUT2D eigenvalue weighted by Crippen LogP contribution is 2.36. The van der Waals surface area contributed by atoms with Crippen LogP contribution in [0.25, 0.3) is 50.5 Å². The monoisotopic (exact) mass is 621 g/mol. The lowest BCUT2D eigenvalue weighted by Crippen LogP contribution is -2.15. The van der Waals surface area contributed by atoms with Gasteiger partial charge in [-0.2, -0.15) is 0 Å². The summed E-state index contributed by atoms with van der Waals surface area (Å²) in [6, 6.07) is 35.2. The molecule has 0 N–H and O–H groups in total. The molecule has 0 fully saturated rings. The number of hydrogen-bond donors (Lipinski definition) is 0. The van der Waals surface area contributed by atoms with Gasteiger partial charge in [0.2, 0.25) is 0 Å². The number of hydrogen-bond acceptors (Lipinski definition) is 3. The molecule has 0 radical (unpaired) electrons. The lowest BCUT2D eigenvalue weighted by molar-refractivity contribution is 0.102. The Hall–Kier alpha value is -6.32. The first kappa shape index (κ1) is 31.7. The van der Waals surface area contributed by atoms with Crippen molar-refractivity contribution in [2.24, 2.45) is 0 Å². The van der Waals surface area contributed by atoms with Crippen molar-refractivity contribution in [3.05, 3.63) is 187 Å². The van der Waals surface area contributed by atoms with Gasteiger partial charge in [0.15, 0.2) is 12.1 Å². The molecule has 0 amide bonds. The molecular formula is C45H35NO2. The average molecular weight is 622 g/mol. The molecule has 6 aromatic rings. The Labute approximate surface area is 281 Å². The van der Waals surface area contributed by atoms with E-state index in [1.54, 1.807) is 37.3 Å². The Morgan fingerprint density at radius 1 is 0.625 bits per heavy atom. The highest BCUT2D eigenvalue weighted by molar-refractivity contribution is 6.15. The number of ketones is 1. The van der Waals surface area contributed by atoms with Gasteiger partial charge >= 0.3 is 0 Å². The van der Waals surface area contributed by atoms with E-state index < -0.39 is 0 Å². The summed E-state index contributed by atoms with van der Waals surface area (Å²) in [6.07, 6.45) is 11.4. The van der Waals surface area contributed by atoms with E-state index in [-0.39, 0.29) is 5.78 Å². The highest BCUT2D eigenvalue weighted by Gasteiger charge is 2.17. The first-order valence-electron chi connectivity index (χ1n) is 15.7. The molecule has 0 aliphatic rings. The predicted molar refractivity (Wildman–Crippen MR) is 206 cm³/mol. The van der Waals surface area contributed by atoms with Crippen LogP contribution in [0.5, 0.6) is 0 Å². The van der Waals surface area contributed by atoms with Crippen molar-refractivity contribution in [2.45, 2.75) is 6.92 Å². The molecule has 0 aliphatic carbocycles. The topological polar surface area (TPSA) is 37.4 Å². The lowest BCUT2D eigenvalue weighted by atomic mass is 9.93. The minimum atomic E-state index is -0.212. The summed E-state index contributed by atoms with van der Waals surface area (Å²) in [6.45, 7) is 17.5. The van der Waals surface area contributed by atoms with Crippen LogP contribution in [-0.4, -0.2) is 12.1 Å². The number of carbonyl (C=O) groups is 2. The maximum absolute atomic E-state index is 13.5. The molecule has 0 saturated heterocycles. The maximum atomic E-state index is 13.5. The first-order valence-corrected chi connectivity index (χ1v) is 15.7. The van der Waals surface area contributed by atoms with Crippen molar-refractivity contribution in [1.82, 2.24) is 0 Å². The number of aldehydes is 1. The van der Waals surface area contributed by atoms with Crippen LogP contribution < -0.4 is 4.90 Å². The third-order valence-corrected chi connectivity index (χ3v) is 8.62. The highest BCUT2D eigenvalue weighted by atomic mass is 16.1. The van der Waals surface area contributed by atoms with Gasteiger partial charge in [0, 0.05) is 28.2 Å². The van der Waals surface area contributed by atoms with Crippen LogP contribution in [0.15, 0.2) is 159 Å². The molecular weight excluding hydrogens is 587 g/mol. The van der Waals surface area contributed by atoms with E-state index in [0.29, 0.717) is 23.0 Å². The zero-order valence-corrected chi connectivity index (χ0v) is 26.9. The molecule has 48 heavy (non-hydrogen) atoms. The van der Waals surface area contributed by atoms with Crippen molar-refractivity contribution >= 4 is 74.0 Å². The minimum Gasteiger partial charge on any atom is -0.310 e. The summed E-state index contributed by atoms with van der Waals surface area (Å²) in [4.78, 5) is 27.5. The third kappa shape index (κ3) is 6.10. The molecule has 3 nitrogen and oxygen atoms in total. The second-order valence-electron chi connectivity index (χ2n) is 11.6. The van der Waals surface area contributed by atoms with Crippen LogP contribution >= 0.6 is 0 Å². The molecule has 0 atom stereocenters. The Bertz CT molecular complexity index is 2370. The van der Waals surface area contributed by atoms with E-state index in [1.807, 2.05) is 24.3 Å². The standard InChI is InChI=1S/C45H35NO2/c1-6-12-41(9-4)46(43-20-18-37-24-34-13-10-11-14-35(34)25-39(37)27-43)42-19-17-36-22-31(15-16-38(36)26-42)21-30(5)45(48)44-28-33(8-3)32(7-2)23-40(44)29-47/h6-29H,1-4H2,5H3/b30-21?,41-12+. The molecule has 0 aromatic heterocycles. The molecule has 0 unspecified atom stereocenters. The average Bonchev–Trinajstić information content (AvgIpc) is 3.12. The van der Waals surface area contributed by atoms with Crippen LogP contribution in [0.2, 0.25) is 0 Å². The van der Waals surface area contributed by atoms with Gasteiger partial charge in [0.05, 0.1) is 0 Å². The number of rotatable bonds is 11. The van der Waals surface area contributed by atoms with Crippen LogP contribution in [0.3, 0.4) is 0 Å². The van der Waals surface area contributed by atoms with Crippen LogP contribution in [0.4, 0.5) is 11.4 Å². The van der Waals surface area contributed by atoms with Crippen LogP contribution in [0.1, 0.15) is 44.3 Å². The Kier molecular flexibility index (Phi) is 8.95. The van der Waals surface area contributed by atoms with E-state index in [1.165, 1.54) is 16.2 Å². The molecule has 232 valence electrons. The summed E-state index contributed by atoms with van der Waals surface area (Å²) in [5.41, 5.74) is 6.48. The van der Waals surface area contributed by atoms with Gasteiger partial charge in [0.1, 0.15) is 0 Å². The number of nitrogens with zero attached hydrogens (tertiary/aromatic N) is 1. The minimum absolute atomic E-state index is 0.212. The molecule has 0 aliphatic heterocycles. The summed E-state index contributed by atoms with van der Waals surface area (Å²) >= 11 is 0. The quantitative estimate of drug-likeness (QED) is 0.0475. The van der Waals surface area contributed by atoms with Gasteiger partial charge in [-0.3, -0.25) is 9.59 Å². The lowest BCUT2D eigenvalue weighted by Gasteiger charge is -2.27. The summed E-state index contributed by atoms with van der Waals surface area (Å²) in [5.74, 6) is -0.212. The van der Waals surface area contributed by atoms with Crippen molar-refractivity contribution < 1.29 is 9.59 Å². The molecule has 0 saturated carbocycles. The van der Waals surface area contributed by atoms with E-state index in [4.69, 9.17) is 0 Å². The molecule has 0 heterocycles. The largest absolute Gasteiger partial charge is 0.310 e. The molecule has 3 heteroatoms. The molecule has 6 rings (SSSR count). The van der Waals surface area contributed by atoms with Crippen LogP contribution in [0, 0.1) is 0 Å². The Morgan fingerprint density at radius 2 is 1.19 bits per heavy atom. The van der Waals surface area contributed by atoms with Gasteiger partial charge in [-0.1, -0.05) is 93.1 Å². The number of allylic oxidation sites excluding steroid dienone is 4. The van der Waals surface area contributed by atoms with E-state index in [2.05, 4.69) is 116 Å². The number of anilines is 2. The summed E-state index contributed by atoms with van der Waals surface area (Å²) in [7, 11) is 0. The summed E-state index contributed by atoms with van der Waals surface area (Å²) < 4.78 is 0. The number of Topliss-reactive ketones (excluding diaryl/α,β-unsaturated/α-hetero) is 1.